The van der Waals surface area contributed by atoms with E-state index in [1.165, 1.54) is 0 Å². The summed E-state index contributed by atoms with van der Waals surface area (Å²) in [5, 5.41) is 0. The van der Waals surface area contributed by atoms with Crippen molar-refractivity contribution in [1.82, 2.24) is 4.90 Å². The zero-order valence-corrected chi connectivity index (χ0v) is 7.79. The van der Waals surface area contributed by atoms with Crippen molar-refractivity contribution >= 4 is 11.7 Å². The molecule has 13 heavy (non-hydrogen) atoms. The van der Waals surface area contributed by atoms with E-state index in [9.17, 15) is 9.59 Å². The molecule has 0 aromatic heterocycles. The fourth-order valence-electron chi connectivity index (χ4n) is 1.42. The molecule has 0 aliphatic carbocycles. The summed E-state index contributed by atoms with van der Waals surface area (Å²) < 4.78 is 0. The number of nitrogens with zero attached hydrogens (tertiary/aromatic N) is 1. The van der Waals surface area contributed by atoms with Crippen LogP contribution in [-0.4, -0.2) is 36.2 Å². The number of hydrogen-bond donors (Lipinski definition) is 1. The standard InChI is InChI=1S/C9H16N2O2/c10-5-1-2-9(13)11-6-3-8(12)4-7-11/h1-7,10H2. The van der Waals surface area contributed by atoms with Crippen molar-refractivity contribution in [2.75, 3.05) is 19.6 Å². The highest BCUT2D eigenvalue weighted by atomic mass is 16.2. The van der Waals surface area contributed by atoms with E-state index in [-0.39, 0.29) is 11.7 Å². The molecule has 0 radical (unpaired) electrons. The van der Waals surface area contributed by atoms with Crippen LogP contribution in [0.4, 0.5) is 0 Å². The van der Waals surface area contributed by atoms with Crippen molar-refractivity contribution in [3.05, 3.63) is 0 Å². The van der Waals surface area contributed by atoms with Gasteiger partial charge in [-0.1, -0.05) is 0 Å². The lowest BCUT2D eigenvalue weighted by Crippen LogP contribution is -2.38. The lowest BCUT2D eigenvalue weighted by molar-refractivity contribution is -0.134. The number of hydrogen-bond acceptors (Lipinski definition) is 3. The summed E-state index contributed by atoms with van der Waals surface area (Å²) in [6.45, 7) is 1.75. The Hall–Kier alpha value is -0.900. The normalized spacial score (nSPS) is 17.6. The maximum absolute atomic E-state index is 11.4. The molecule has 0 atom stereocenters. The molecule has 1 aliphatic heterocycles. The third kappa shape index (κ3) is 3.14. The highest BCUT2D eigenvalue weighted by Crippen LogP contribution is 2.07. The molecule has 0 aromatic carbocycles. The number of amides is 1. The first-order valence-corrected chi connectivity index (χ1v) is 4.73. The van der Waals surface area contributed by atoms with Crippen LogP contribution in [-0.2, 0) is 9.59 Å². The van der Waals surface area contributed by atoms with E-state index in [1.807, 2.05) is 0 Å². The van der Waals surface area contributed by atoms with Gasteiger partial charge in [0.05, 0.1) is 0 Å². The molecular weight excluding hydrogens is 168 g/mol. The van der Waals surface area contributed by atoms with Crippen LogP contribution in [0, 0.1) is 0 Å². The highest BCUT2D eigenvalue weighted by Gasteiger charge is 2.19. The van der Waals surface area contributed by atoms with Crippen molar-refractivity contribution in [2.45, 2.75) is 25.7 Å². The maximum atomic E-state index is 11.4. The predicted molar refractivity (Wildman–Crippen MR) is 49.1 cm³/mol. The highest BCUT2D eigenvalue weighted by molar-refractivity contribution is 5.83. The fourth-order valence-corrected chi connectivity index (χ4v) is 1.42. The molecule has 2 N–H and O–H groups in total. The van der Waals surface area contributed by atoms with Crippen molar-refractivity contribution in [1.29, 1.82) is 0 Å². The van der Waals surface area contributed by atoms with Gasteiger partial charge in [0, 0.05) is 32.4 Å². The summed E-state index contributed by atoms with van der Waals surface area (Å²) in [5.74, 6) is 0.404. The van der Waals surface area contributed by atoms with Crippen LogP contribution in [0.25, 0.3) is 0 Å². The minimum absolute atomic E-state index is 0.137. The van der Waals surface area contributed by atoms with Crippen LogP contribution in [0.15, 0.2) is 0 Å². The third-order valence-corrected chi connectivity index (χ3v) is 2.27. The maximum Gasteiger partial charge on any atom is 0.222 e. The van der Waals surface area contributed by atoms with Crippen molar-refractivity contribution in [3.63, 3.8) is 0 Å². The number of carbonyl (C=O) groups excluding carboxylic acids is 2. The minimum Gasteiger partial charge on any atom is -0.342 e. The number of rotatable bonds is 3. The summed E-state index contributed by atoms with van der Waals surface area (Å²) in [4.78, 5) is 24.1. The average molecular weight is 184 g/mol. The van der Waals surface area contributed by atoms with Gasteiger partial charge >= 0.3 is 0 Å². The first-order chi connectivity index (χ1) is 6.24. The van der Waals surface area contributed by atoms with E-state index in [2.05, 4.69) is 0 Å². The summed E-state index contributed by atoms with van der Waals surface area (Å²) in [6, 6.07) is 0. The van der Waals surface area contributed by atoms with E-state index in [4.69, 9.17) is 5.73 Å². The topological polar surface area (TPSA) is 63.4 Å². The van der Waals surface area contributed by atoms with Crippen LogP contribution in [0.5, 0.6) is 0 Å². The fraction of sp³-hybridized carbons (Fsp3) is 0.778. The van der Waals surface area contributed by atoms with Crippen LogP contribution in [0.1, 0.15) is 25.7 Å². The summed E-state index contributed by atoms with van der Waals surface area (Å²) >= 11 is 0. The molecule has 1 aliphatic rings. The molecule has 0 unspecified atom stereocenters. The molecule has 1 fully saturated rings. The number of nitrogens with two attached hydrogens (primary N) is 1. The van der Waals surface area contributed by atoms with E-state index in [1.54, 1.807) is 4.90 Å². The predicted octanol–water partition coefficient (Wildman–Crippen LogP) is -0.0832. The van der Waals surface area contributed by atoms with Crippen LogP contribution >= 0.6 is 0 Å². The molecule has 1 heterocycles. The van der Waals surface area contributed by atoms with Crippen LogP contribution < -0.4 is 5.73 Å². The monoisotopic (exact) mass is 184 g/mol. The number of ketones is 1. The summed E-state index contributed by atoms with van der Waals surface area (Å²) in [7, 11) is 0. The van der Waals surface area contributed by atoms with Crippen molar-refractivity contribution in [2.24, 2.45) is 5.73 Å². The molecule has 0 bridgehead atoms. The number of piperidine rings is 1. The Kier molecular flexibility index (Phi) is 3.89. The molecule has 4 heteroatoms. The number of Topliss-reactive ketones (excluding diaryl/α,β-unsaturated/α-hetero) is 1. The van der Waals surface area contributed by atoms with Crippen LogP contribution in [0.2, 0.25) is 0 Å². The molecule has 0 saturated carbocycles. The van der Waals surface area contributed by atoms with Gasteiger partial charge in [-0.05, 0) is 13.0 Å². The summed E-state index contributed by atoms with van der Waals surface area (Å²) in [6.07, 6.45) is 2.30. The van der Waals surface area contributed by atoms with Gasteiger partial charge in [-0.3, -0.25) is 9.59 Å². The van der Waals surface area contributed by atoms with E-state index in [0.29, 0.717) is 38.9 Å². The second kappa shape index (κ2) is 4.97. The van der Waals surface area contributed by atoms with E-state index in [0.717, 1.165) is 6.42 Å². The van der Waals surface area contributed by atoms with Crippen LogP contribution in [0.3, 0.4) is 0 Å². The molecule has 1 saturated heterocycles. The Morgan fingerprint density at radius 2 is 2.00 bits per heavy atom. The lowest BCUT2D eigenvalue weighted by Gasteiger charge is -2.25. The van der Waals surface area contributed by atoms with Gasteiger partial charge in [-0.25, -0.2) is 0 Å². The summed E-state index contributed by atoms with van der Waals surface area (Å²) in [5.41, 5.74) is 5.30. The Labute approximate surface area is 78.1 Å². The number of likely N-dealkylation sites (tertiary alicyclic amines) is 1. The minimum atomic E-state index is 0.137. The van der Waals surface area contributed by atoms with Crippen molar-refractivity contribution < 1.29 is 9.59 Å². The van der Waals surface area contributed by atoms with Crippen molar-refractivity contribution in [3.8, 4) is 0 Å². The molecular formula is C9H16N2O2. The Balaban J connectivity index is 2.27. The Morgan fingerprint density at radius 3 is 2.54 bits per heavy atom. The SMILES string of the molecule is NCCCC(=O)N1CCC(=O)CC1. The molecule has 4 nitrogen and oxygen atoms in total. The quantitative estimate of drug-likeness (QED) is 0.667. The van der Waals surface area contributed by atoms with Gasteiger partial charge in [0.2, 0.25) is 5.91 Å². The van der Waals surface area contributed by atoms with E-state index < -0.39 is 0 Å². The largest absolute Gasteiger partial charge is 0.342 e. The lowest BCUT2D eigenvalue weighted by atomic mass is 10.1. The third-order valence-electron chi connectivity index (χ3n) is 2.27. The second-order valence-corrected chi connectivity index (χ2v) is 3.31. The van der Waals surface area contributed by atoms with E-state index >= 15 is 0 Å². The van der Waals surface area contributed by atoms with Gasteiger partial charge in [0.15, 0.2) is 0 Å². The smallest absolute Gasteiger partial charge is 0.222 e. The zero-order valence-electron chi connectivity index (χ0n) is 7.79. The van der Waals surface area contributed by atoms with Gasteiger partial charge < -0.3 is 10.6 Å². The molecule has 0 spiro atoms. The molecule has 74 valence electrons. The second-order valence-electron chi connectivity index (χ2n) is 3.31. The van der Waals surface area contributed by atoms with Gasteiger partial charge in [-0.2, -0.15) is 0 Å². The van der Waals surface area contributed by atoms with Gasteiger partial charge in [0.1, 0.15) is 5.78 Å². The van der Waals surface area contributed by atoms with Gasteiger partial charge in [0.25, 0.3) is 0 Å². The van der Waals surface area contributed by atoms with Gasteiger partial charge in [-0.15, -0.1) is 0 Å². The number of carbonyl (C=O) groups is 2. The first kappa shape index (κ1) is 10.2. The molecule has 0 aromatic rings. The molecule has 1 rings (SSSR count). The molecule has 1 amide bonds. The average Bonchev–Trinajstić information content (AvgIpc) is 2.15. The Bertz CT molecular complexity index is 194. The first-order valence-electron chi connectivity index (χ1n) is 4.73. The zero-order chi connectivity index (χ0) is 9.68. The Morgan fingerprint density at radius 1 is 1.38 bits per heavy atom.